The van der Waals surface area contributed by atoms with Gasteiger partial charge in [0.1, 0.15) is 0 Å². The standard InChI is InChI=1S/C14H29NO2/c1-12(2)16-8-9-17-14(11-15-4)7-5-6-13(3)10-14/h12-13,15H,5-11H2,1-4H3. The van der Waals surface area contributed by atoms with Gasteiger partial charge in [0.2, 0.25) is 0 Å². The first-order chi connectivity index (χ1) is 8.08. The largest absolute Gasteiger partial charge is 0.376 e. The fourth-order valence-electron chi connectivity index (χ4n) is 2.82. The molecular weight excluding hydrogens is 214 g/mol. The molecule has 0 spiro atoms. The summed E-state index contributed by atoms with van der Waals surface area (Å²) in [6.07, 6.45) is 5.28. The number of likely N-dealkylation sites (N-methyl/N-ethyl adjacent to an activating group) is 1. The molecule has 0 radical (unpaired) electrons. The monoisotopic (exact) mass is 243 g/mol. The maximum atomic E-state index is 6.14. The molecular formula is C14H29NO2. The van der Waals surface area contributed by atoms with E-state index in [4.69, 9.17) is 9.47 Å². The Morgan fingerprint density at radius 1 is 1.35 bits per heavy atom. The van der Waals surface area contributed by atoms with Crippen LogP contribution in [0.25, 0.3) is 0 Å². The van der Waals surface area contributed by atoms with Gasteiger partial charge >= 0.3 is 0 Å². The molecule has 1 N–H and O–H groups in total. The molecule has 2 atom stereocenters. The lowest BCUT2D eigenvalue weighted by atomic mass is 9.78. The van der Waals surface area contributed by atoms with Crippen LogP contribution in [0, 0.1) is 5.92 Å². The summed E-state index contributed by atoms with van der Waals surface area (Å²) in [6, 6.07) is 0. The molecule has 2 unspecified atom stereocenters. The highest BCUT2D eigenvalue weighted by molar-refractivity contribution is 4.88. The van der Waals surface area contributed by atoms with Crippen molar-refractivity contribution in [3.05, 3.63) is 0 Å². The van der Waals surface area contributed by atoms with Crippen LogP contribution in [0.2, 0.25) is 0 Å². The lowest BCUT2D eigenvalue weighted by molar-refractivity contribution is -0.0991. The Hall–Kier alpha value is -0.120. The predicted molar refractivity (Wildman–Crippen MR) is 71.3 cm³/mol. The normalized spacial score (nSPS) is 29.8. The van der Waals surface area contributed by atoms with E-state index in [1.165, 1.54) is 25.7 Å². The number of rotatable bonds is 7. The van der Waals surface area contributed by atoms with Crippen molar-refractivity contribution in [2.45, 2.75) is 58.2 Å². The Kier molecular flexibility index (Phi) is 6.45. The summed E-state index contributed by atoms with van der Waals surface area (Å²) in [4.78, 5) is 0. The fourth-order valence-corrected chi connectivity index (χ4v) is 2.82. The SMILES string of the molecule is CNCC1(OCCOC(C)C)CCCC(C)C1. The van der Waals surface area contributed by atoms with E-state index >= 15 is 0 Å². The van der Waals surface area contributed by atoms with Crippen LogP contribution in [0.15, 0.2) is 0 Å². The van der Waals surface area contributed by atoms with Crippen LogP contribution >= 0.6 is 0 Å². The molecule has 3 heteroatoms. The minimum atomic E-state index is 0.0484. The second-order valence-corrected chi connectivity index (χ2v) is 5.68. The first-order valence-electron chi connectivity index (χ1n) is 6.98. The van der Waals surface area contributed by atoms with Crippen LogP contribution in [0.1, 0.15) is 46.5 Å². The van der Waals surface area contributed by atoms with Crippen molar-refractivity contribution in [2.75, 3.05) is 26.8 Å². The molecule has 1 saturated carbocycles. The maximum Gasteiger partial charge on any atom is 0.0809 e. The van der Waals surface area contributed by atoms with Gasteiger partial charge in [-0.25, -0.2) is 0 Å². The summed E-state index contributed by atoms with van der Waals surface area (Å²) in [6.45, 7) is 8.83. The zero-order chi connectivity index (χ0) is 12.7. The number of hydrogen-bond acceptors (Lipinski definition) is 3. The first-order valence-corrected chi connectivity index (χ1v) is 6.98. The van der Waals surface area contributed by atoms with Gasteiger partial charge in [-0.2, -0.15) is 0 Å². The highest BCUT2D eigenvalue weighted by Gasteiger charge is 2.35. The summed E-state index contributed by atoms with van der Waals surface area (Å²) in [7, 11) is 2.01. The Morgan fingerprint density at radius 2 is 2.12 bits per heavy atom. The second-order valence-electron chi connectivity index (χ2n) is 5.68. The molecule has 0 aromatic carbocycles. The van der Waals surface area contributed by atoms with E-state index in [0.29, 0.717) is 19.3 Å². The van der Waals surface area contributed by atoms with Gasteiger partial charge in [-0.1, -0.05) is 19.8 Å². The second kappa shape index (κ2) is 7.34. The van der Waals surface area contributed by atoms with E-state index in [0.717, 1.165) is 12.5 Å². The Labute approximate surface area is 106 Å². The number of nitrogens with one attached hydrogen (secondary N) is 1. The van der Waals surface area contributed by atoms with E-state index < -0.39 is 0 Å². The Bertz CT molecular complexity index is 204. The topological polar surface area (TPSA) is 30.5 Å². The van der Waals surface area contributed by atoms with Crippen molar-refractivity contribution >= 4 is 0 Å². The smallest absolute Gasteiger partial charge is 0.0809 e. The Morgan fingerprint density at radius 3 is 2.71 bits per heavy atom. The predicted octanol–water partition coefficient (Wildman–Crippen LogP) is 2.60. The summed E-state index contributed by atoms with van der Waals surface area (Å²) < 4.78 is 11.7. The zero-order valence-corrected chi connectivity index (χ0v) is 11.9. The molecule has 0 aliphatic heterocycles. The molecule has 0 amide bonds. The van der Waals surface area contributed by atoms with Crippen LogP contribution in [0.4, 0.5) is 0 Å². The molecule has 1 aliphatic carbocycles. The van der Waals surface area contributed by atoms with Crippen LogP contribution in [-0.4, -0.2) is 38.5 Å². The minimum absolute atomic E-state index is 0.0484. The molecule has 0 aromatic rings. The highest BCUT2D eigenvalue weighted by Crippen LogP contribution is 2.34. The maximum absolute atomic E-state index is 6.14. The average molecular weight is 243 g/mol. The molecule has 0 saturated heterocycles. The van der Waals surface area contributed by atoms with Gasteiger partial charge in [0.15, 0.2) is 0 Å². The van der Waals surface area contributed by atoms with Gasteiger partial charge in [0.25, 0.3) is 0 Å². The fraction of sp³-hybridized carbons (Fsp3) is 1.00. The van der Waals surface area contributed by atoms with Crippen LogP contribution in [0.5, 0.6) is 0 Å². The number of ether oxygens (including phenoxy) is 2. The minimum Gasteiger partial charge on any atom is -0.376 e. The number of hydrogen-bond donors (Lipinski definition) is 1. The van der Waals surface area contributed by atoms with Gasteiger partial charge in [0.05, 0.1) is 24.9 Å². The summed E-state index contributed by atoms with van der Waals surface area (Å²) in [5.41, 5.74) is 0.0484. The van der Waals surface area contributed by atoms with Crippen molar-refractivity contribution in [2.24, 2.45) is 5.92 Å². The van der Waals surface area contributed by atoms with E-state index in [2.05, 4.69) is 26.1 Å². The van der Waals surface area contributed by atoms with Gasteiger partial charge in [-0.05, 0) is 39.7 Å². The highest BCUT2D eigenvalue weighted by atomic mass is 16.5. The quantitative estimate of drug-likeness (QED) is 0.697. The van der Waals surface area contributed by atoms with Gasteiger partial charge in [-0.15, -0.1) is 0 Å². The third-order valence-corrected chi connectivity index (χ3v) is 3.49. The molecule has 0 heterocycles. The average Bonchev–Trinajstić information content (AvgIpc) is 2.25. The van der Waals surface area contributed by atoms with Crippen LogP contribution in [0.3, 0.4) is 0 Å². The van der Waals surface area contributed by atoms with E-state index in [-0.39, 0.29) is 5.60 Å². The molecule has 3 nitrogen and oxygen atoms in total. The molecule has 102 valence electrons. The van der Waals surface area contributed by atoms with Crippen LogP contribution in [-0.2, 0) is 9.47 Å². The van der Waals surface area contributed by atoms with Gasteiger partial charge in [0, 0.05) is 6.54 Å². The van der Waals surface area contributed by atoms with Crippen molar-refractivity contribution in [1.82, 2.24) is 5.32 Å². The lowest BCUT2D eigenvalue weighted by Crippen LogP contribution is -2.46. The molecule has 1 fully saturated rings. The summed E-state index contributed by atoms with van der Waals surface area (Å²) in [5, 5.41) is 3.28. The molecule has 1 aliphatic rings. The van der Waals surface area contributed by atoms with Crippen molar-refractivity contribution in [3.8, 4) is 0 Å². The van der Waals surface area contributed by atoms with E-state index in [1.807, 2.05) is 7.05 Å². The molecule has 0 bridgehead atoms. The van der Waals surface area contributed by atoms with E-state index in [9.17, 15) is 0 Å². The van der Waals surface area contributed by atoms with E-state index in [1.54, 1.807) is 0 Å². The summed E-state index contributed by atoms with van der Waals surface area (Å²) >= 11 is 0. The molecule has 0 aromatic heterocycles. The zero-order valence-electron chi connectivity index (χ0n) is 11.9. The third kappa shape index (κ3) is 5.36. The van der Waals surface area contributed by atoms with Gasteiger partial charge < -0.3 is 14.8 Å². The van der Waals surface area contributed by atoms with Crippen LogP contribution < -0.4 is 5.32 Å². The molecule has 1 rings (SSSR count). The summed E-state index contributed by atoms with van der Waals surface area (Å²) in [5.74, 6) is 0.781. The van der Waals surface area contributed by atoms with Gasteiger partial charge in [-0.3, -0.25) is 0 Å². The van der Waals surface area contributed by atoms with Crippen molar-refractivity contribution in [3.63, 3.8) is 0 Å². The van der Waals surface area contributed by atoms with Crippen molar-refractivity contribution in [1.29, 1.82) is 0 Å². The van der Waals surface area contributed by atoms with Crippen molar-refractivity contribution < 1.29 is 9.47 Å². The first kappa shape index (κ1) is 14.9. The molecule has 17 heavy (non-hydrogen) atoms. The third-order valence-electron chi connectivity index (χ3n) is 3.49. The Balaban J connectivity index is 2.36. The lowest BCUT2D eigenvalue weighted by Gasteiger charge is -2.40.